The molecule has 0 bridgehead atoms. The Morgan fingerprint density at radius 2 is 2.00 bits per heavy atom. The molecule has 1 aromatic carbocycles. The number of ether oxygens (including phenoxy) is 2. The number of hydrogen-bond acceptors (Lipinski definition) is 6. The Labute approximate surface area is 165 Å². The molecule has 0 radical (unpaired) electrons. The zero-order valence-electron chi connectivity index (χ0n) is 16.5. The molecule has 2 rings (SSSR count). The molecule has 1 saturated heterocycles. The van der Waals surface area contributed by atoms with E-state index in [4.69, 9.17) is 9.47 Å². The third-order valence-corrected chi connectivity index (χ3v) is 4.36. The quantitative estimate of drug-likeness (QED) is 0.464. The molecule has 28 heavy (non-hydrogen) atoms. The number of hydrogen-bond donors (Lipinski definition) is 2. The summed E-state index contributed by atoms with van der Waals surface area (Å²) in [5.41, 5.74) is 0.644. The van der Waals surface area contributed by atoms with Gasteiger partial charge in [-0.15, -0.1) is 0 Å². The lowest BCUT2D eigenvalue weighted by atomic mass is 10.1. The normalized spacial score (nSPS) is 16.9. The number of carbonyl (C=O) groups is 3. The average molecular weight is 391 g/mol. The Balaban J connectivity index is 1.90. The first kappa shape index (κ1) is 21.7. The van der Waals surface area contributed by atoms with Gasteiger partial charge in [0.25, 0.3) is 0 Å². The fourth-order valence-corrected chi connectivity index (χ4v) is 2.91. The van der Waals surface area contributed by atoms with E-state index in [1.165, 1.54) is 0 Å². The number of rotatable bonds is 10. The number of piperazine rings is 1. The van der Waals surface area contributed by atoms with Crippen LogP contribution in [0, 0.1) is 0 Å². The van der Waals surface area contributed by atoms with Crippen molar-refractivity contribution in [1.82, 2.24) is 10.2 Å². The SMILES string of the molecule is CCCCOC(=O)CC1C(=O)NCCN1CC(=O)Nc1ccc(OCC)cc1. The van der Waals surface area contributed by atoms with Gasteiger partial charge in [-0.2, -0.15) is 0 Å². The lowest BCUT2D eigenvalue weighted by molar-refractivity contribution is -0.149. The van der Waals surface area contributed by atoms with Crippen molar-refractivity contribution in [3.8, 4) is 5.75 Å². The summed E-state index contributed by atoms with van der Waals surface area (Å²) in [6.45, 7) is 5.79. The van der Waals surface area contributed by atoms with E-state index in [2.05, 4.69) is 10.6 Å². The molecule has 0 spiro atoms. The van der Waals surface area contributed by atoms with Crippen molar-refractivity contribution in [2.75, 3.05) is 38.2 Å². The third kappa shape index (κ3) is 6.84. The monoisotopic (exact) mass is 391 g/mol. The van der Waals surface area contributed by atoms with E-state index in [9.17, 15) is 14.4 Å². The molecule has 0 saturated carbocycles. The van der Waals surface area contributed by atoms with E-state index in [0.29, 0.717) is 32.0 Å². The van der Waals surface area contributed by atoms with Crippen LogP contribution in [0.15, 0.2) is 24.3 Å². The van der Waals surface area contributed by atoms with E-state index >= 15 is 0 Å². The minimum atomic E-state index is -0.700. The van der Waals surface area contributed by atoms with Crippen molar-refractivity contribution in [2.24, 2.45) is 0 Å². The van der Waals surface area contributed by atoms with Gasteiger partial charge in [-0.1, -0.05) is 13.3 Å². The molecule has 1 aliphatic rings. The maximum atomic E-state index is 12.4. The van der Waals surface area contributed by atoms with Crippen molar-refractivity contribution in [1.29, 1.82) is 0 Å². The van der Waals surface area contributed by atoms with Gasteiger partial charge >= 0.3 is 5.97 Å². The molecule has 0 aromatic heterocycles. The maximum absolute atomic E-state index is 12.4. The van der Waals surface area contributed by atoms with Crippen LogP contribution in [0.4, 0.5) is 5.69 Å². The van der Waals surface area contributed by atoms with Gasteiger partial charge in [0, 0.05) is 18.8 Å². The molecule has 154 valence electrons. The second-order valence-corrected chi connectivity index (χ2v) is 6.56. The molecular formula is C20H29N3O5. The highest BCUT2D eigenvalue weighted by Gasteiger charge is 2.33. The molecule has 8 nitrogen and oxygen atoms in total. The number of unbranched alkanes of at least 4 members (excludes halogenated alkanes) is 1. The minimum absolute atomic E-state index is 0.0214. The number of nitrogens with zero attached hydrogens (tertiary/aromatic N) is 1. The van der Waals surface area contributed by atoms with Gasteiger partial charge in [-0.05, 0) is 37.6 Å². The zero-order chi connectivity index (χ0) is 20.4. The van der Waals surface area contributed by atoms with Crippen molar-refractivity contribution in [3.05, 3.63) is 24.3 Å². The van der Waals surface area contributed by atoms with Crippen LogP contribution in [0.3, 0.4) is 0 Å². The summed E-state index contributed by atoms with van der Waals surface area (Å²) >= 11 is 0. The molecule has 1 atom stereocenters. The molecule has 1 aliphatic heterocycles. The van der Waals surface area contributed by atoms with Gasteiger partial charge in [-0.3, -0.25) is 19.3 Å². The van der Waals surface area contributed by atoms with E-state index in [1.54, 1.807) is 29.2 Å². The maximum Gasteiger partial charge on any atom is 0.307 e. The van der Waals surface area contributed by atoms with E-state index < -0.39 is 12.0 Å². The molecule has 1 fully saturated rings. The summed E-state index contributed by atoms with van der Waals surface area (Å²) in [7, 11) is 0. The predicted molar refractivity (Wildman–Crippen MR) is 105 cm³/mol. The largest absolute Gasteiger partial charge is 0.494 e. The first-order chi connectivity index (χ1) is 13.5. The zero-order valence-corrected chi connectivity index (χ0v) is 16.5. The van der Waals surface area contributed by atoms with Crippen LogP contribution in [0.1, 0.15) is 33.1 Å². The topological polar surface area (TPSA) is 97.0 Å². The number of carbonyl (C=O) groups excluding carboxylic acids is 3. The van der Waals surface area contributed by atoms with Gasteiger partial charge in [-0.25, -0.2) is 0 Å². The Kier molecular flexibility index (Phi) is 8.74. The number of nitrogens with one attached hydrogen (secondary N) is 2. The van der Waals surface area contributed by atoms with Crippen LogP contribution < -0.4 is 15.4 Å². The Hall–Kier alpha value is -2.61. The van der Waals surface area contributed by atoms with Gasteiger partial charge in [0.05, 0.1) is 26.2 Å². The summed E-state index contributed by atoms with van der Waals surface area (Å²) in [5, 5.41) is 5.55. The van der Waals surface area contributed by atoms with E-state index in [1.807, 2.05) is 13.8 Å². The van der Waals surface area contributed by atoms with E-state index in [-0.39, 0.29) is 24.8 Å². The van der Waals surface area contributed by atoms with Gasteiger partial charge in [0.15, 0.2) is 0 Å². The minimum Gasteiger partial charge on any atom is -0.494 e. The second-order valence-electron chi connectivity index (χ2n) is 6.56. The molecular weight excluding hydrogens is 362 g/mol. The van der Waals surface area contributed by atoms with Gasteiger partial charge < -0.3 is 20.1 Å². The Morgan fingerprint density at radius 1 is 1.25 bits per heavy atom. The fraction of sp³-hybridized carbons (Fsp3) is 0.550. The first-order valence-electron chi connectivity index (χ1n) is 9.73. The molecule has 2 N–H and O–H groups in total. The van der Waals surface area contributed by atoms with Crippen molar-refractivity contribution in [2.45, 2.75) is 39.2 Å². The standard InChI is InChI=1S/C20H29N3O5/c1-3-5-12-28-19(25)13-17-20(26)21-10-11-23(17)14-18(24)22-15-6-8-16(9-7-15)27-4-2/h6-9,17H,3-5,10-14H2,1-2H3,(H,21,26)(H,22,24). The van der Waals surface area contributed by atoms with Crippen LogP contribution in [-0.2, 0) is 19.1 Å². The molecule has 1 unspecified atom stereocenters. The van der Waals surface area contributed by atoms with Crippen molar-refractivity contribution >= 4 is 23.5 Å². The summed E-state index contributed by atoms with van der Waals surface area (Å²) in [4.78, 5) is 38.3. The van der Waals surface area contributed by atoms with Crippen LogP contribution in [0.5, 0.6) is 5.75 Å². The molecule has 1 aromatic rings. The number of esters is 1. The molecule has 0 aliphatic carbocycles. The summed E-state index contributed by atoms with van der Waals surface area (Å²) in [6.07, 6.45) is 1.65. The van der Waals surface area contributed by atoms with Crippen molar-refractivity contribution < 1.29 is 23.9 Å². The van der Waals surface area contributed by atoms with Crippen LogP contribution in [0.25, 0.3) is 0 Å². The average Bonchev–Trinajstić information content (AvgIpc) is 2.66. The van der Waals surface area contributed by atoms with Crippen molar-refractivity contribution in [3.63, 3.8) is 0 Å². The highest BCUT2D eigenvalue weighted by molar-refractivity contribution is 5.93. The first-order valence-corrected chi connectivity index (χ1v) is 9.73. The summed E-state index contributed by atoms with van der Waals surface area (Å²) in [5.74, 6) is -0.196. The lowest BCUT2D eigenvalue weighted by Gasteiger charge is -2.33. The number of benzene rings is 1. The lowest BCUT2D eigenvalue weighted by Crippen LogP contribution is -2.57. The Morgan fingerprint density at radius 3 is 2.68 bits per heavy atom. The second kappa shape index (κ2) is 11.3. The van der Waals surface area contributed by atoms with Gasteiger partial charge in [0.1, 0.15) is 11.8 Å². The number of anilines is 1. The summed E-state index contributed by atoms with van der Waals surface area (Å²) < 4.78 is 10.5. The number of amides is 2. The highest BCUT2D eigenvalue weighted by atomic mass is 16.5. The third-order valence-electron chi connectivity index (χ3n) is 4.36. The van der Waals surface area contributed by atoms with E-state index in [0.717, 1.165) is 18.6 Å². The Bertz CT molecular complexity index is 662. The van der Waals surface area contributed by atoms with Crippen LogP contribution >= 0.6 is 0 Å². The fourth-order valence-electron chi connectivity index (χ4n) is 2.91. The van der Waals surface area contributed by atoms with Gasteiger partial charge in [0.2, 0.25) is 11.8 Å². The molecule has 8 heteroatoms. The smallest absolute Gasteiger partial charge is 0.307 e. The predicted octanol–water partition coefficient (Wildman–Crippen LogP) is 1.56. The summed E-state index contributed by atoms with van der Waals surface area (Å²) in [6, 6.07) is 6.38. The molecule has 2 amide bonds. The highest BCUT2D eigenvalue weighted by Crippen LogP contribution is 2.16. The van der Waals surface area contributed by atoms with Crippen LogP contribution in [-0.4, -0.2) is 61.6 Å². The molecule has 1 heterocycles. The van der Waals surface area contributed by atoms with Crippen LogP contribution in [0.2, 0.25) is 0 Å².